The third-order valence-electron chi connectivity index (χ3n) is 3.19. The van der Waals surface area contributed by atoms with Crippen LogP contribution < -0.4 is 5.32 Å². The molecule has 112 valence electrons. The largest absolute Gasteiger partial charge is 0.308 e. The van der Waals surface area contributed by atoms with Crippen LogP contribution >= 0.6 is 11.6 Å². The topological polar surface area (TPSA) is 24.9 Å². The molecule has 1 aromatic carbocycles. The van der Waals surface area contributed by atoms with Crippen molar-refractivity contribution in [3.8, 4) is 0 Å². The van der Waals surface area contributed by atoms with Gasteiger partial charge in [0.15, 0.2) is 0 Å². The molecule has 1 unspecified atom stereocenters. The minimum absolute atomic E-state index is 0.325. The van der Waals surface area contributed by atoms with Crippen molar-refractivity contribution in [2.24, 2.45) is 0 Å². The number of benzene rings is 1. The number of nitrogens with zero attached hydrogens (tertiary/aromatic N) is 1. The first-order chi connectivity index (χ1) is 10.1. The van der Waals surface area contributed by atoms with Gasteiger partial charge in [-0.25, -0.2) is 8.78 Å². The maximum Gasteiger partial charge on any atom is 0.146 e. The SMILES string of the molecule is CCCNC(Cc1cc(F)ccc1Cl)c1ncccc1F. The molecule has 0 aliphatic carbocycles. The third-order valence-corrected chi connectivity index (χ3v) is 3.56. The Morgan fingerprint density at radius 2 is 2.10 bits per heavy atom. The highest BCUT2D eigenvalue weighted by Crippen LogP contribution is 2.24. The molecular weight excluding hydrogens is 294 g/mol. The number of aromatic nitrogens is 1. The van der Waals surface area contributed by atoms with Crippen LogP contribution in [-0.4, -0.2) is 11.5 Å². The van der Waals surface area contributed by atoms with Crippen LogP contribution in [0.4, 0.5) is 8.78 Å². The molecule has 0 saturated heterocycles. The first-order valence-corrected chi connectivity index (χ1v) is 7.27. The number of hydrogen-bond acceptors (Lipinski definition) is 2. The van der Waals surface area contributed by atoms with Crippen LogP contribution in [0.1, 0.15) is 30.6 Å². The molecular formula is C16H17ClF2N2. The molecule has 0 saturated carbocycles. The molecule has 2 nitrogen and oxygen atoms in total. The van der Waals surface area contributed by atoms with Gasteiger partial charge in [0.05, 0.1) is 11.7 Å². The van der Waals surface area contributed by atoms with Crippen molar-refractivity contribution in [1.29, 1.82) is 0 Å². The summed E-state index contributed by atoms with van der Waals surface area (Å²) < 4.78 is 27.3. The van der Waals surface area contributed by atoms with Gasteiger partial charge in [0.1, 0.15) is 11.6 Å². The molecule has 0 amide bonds. The molecule has 1 N–H and O–H groups in total. The fourth-order valence-corrected chi connectivity index (χ4v) is 2.35. The Morgan fingerprint density at radius 1 is 1.29 bits per heavy atom. The lowest BCUT2D eigenvalue weighted by atomic mass is 10.0. The lowest BCUT2D eigenvalue weighted by Gasteiger charge is -2.19. The van der Waals surface area contributed by atoms with Gasteiger partial charge in [-0.15, -0.1) is 0 Å². The number of pyridine rings is 1. The zero-order valence-electron chi connectivity index (χ0n) is 11.7. The zero-order valence-corrected chi connectivity index (χ0v) is 12.5. The molecule has 0 radical (unpaired) electrons. The van der Waals surface area contributed by atoms with Crippen molar-refractivity contribution in [2.75, 3.05) is 6.54 Å². The molecule has 0 spiro atoms. The van der Waals surface area contributed by atoms with Crippen molar-refractivity contribution in [3.63, 3.8) is 0 Å². The first-order valence-electron chi connectivity index (χ1n) is 6.89. The maximum atomic E-state index is 13.9. The Morgan fingerprint density at radius 3 is 2.81 bits per heavy atom. The van der Waals surface area contributed by atoms with Crippen LogP contribution in [0.25, 0.3) is 0 Å². The standard InChI is InChI=1S/C16H17ClF2N2/c1-2-7-20-15(16-14(19)4-3-8-21-16)10-11-9-12(18)5-6-13(11)17/h3-6,8-9,15,20H,2,7,10H2,1H3. The molecule has 21 heavy (non-hydrogen) atoms. The highest BCUT2D eigenvalue weighted by molar-refractivity contribution is 6.31. The second-order valence-electron chi connectivity index (χ2n) is 4.82. The van der Waals surface area contributed by atoms with Crippen LogP contribution in [0.2, 0.25) is 5.02 Å². The summed E-state index contributed by atoms with van der Waals surface area (Å²) in [5.41, 5.74) is 0.960. The lowest BCUT2D eigenvalue weighted by Crippen LogP contribution is -2.26. The zero-order chi connectivity index (χ0) is 15.2. The molecule has 1 atom stereocenters. The fourth-order valence-electron chi connectivity index (χ4n) is 2.16. The third kappa shape index (κ3) is 4.22. The van der Waals surface area contributed by atoms with Crippen LogP contribution in [0.3, 0.4) is 0 Å². The van der Waals surface area contributed by atoms with Crippen molar-refractivity contribution >= 4 is 11.6 Å². The monoisotopic (exact) mass is 310 g/mol. The van der Waals surface area contributed by atoms with Gasteiger partial charge >= 0.3 is 0 Å². The predicted octanol–water partition coefficient (Wildman–Crippen LogP) is 4.30. The average Bonchev–Trinajstić information content (AvgIpc) is 2.48. The normalized spacial score (nSPS) is 12.4. The quantitative estimate of drug-likeness (QED) is 0.860. The van der Waals surface area contributed by atoms with Crippen LogP contribution in [0, 0.1) is 11.6 Å². The molecule has 0 fully saturated rings. The molecule has 1 heterocycles. The molecule has 5 heteroatoms. The Balaban J connectivity index is 2.28. The predicted molar refractivity (Wildman–Crippen MR) is 80.3 cm³/mol. The van der Waals surface area contributed by atoms with Gasteiger partial charge in [0.25, 0.3) is 0 Å². The second-order valence-corrected chi connectivity index (χ2v) is 5.22. The summed E-state index contributed by atoms with van der Waals surface area (Å²) >= 11 is 6.09. The highest BCUT2D eigenvalue weighted by atomic mass is 35.5. The van der Waals surface area contributed by atoms with E-state index < -0.39 is 0 Å². The maximum absolute atomic E-state index is 13.9. The summed E-state index contributed by atoms with van der Waals surface area (Å²) in [6.45, 7) is 2.74. The van der Waals surface area contributed by atoms with E-state index in [1.54, 1.807) is 12.3 Å². The average molecular weight is 311 g/mol. The van der Waals surface area contributed by atoms with Crippen LogP contribution in [-0.2, 0) is 6.42 Å². The number of hydrogen-bond donors (Lipinski definition) is 1. The van der Waals surface area contributed by atoms with Gasteiger partial charge < -0.3 is 5.32 Å². The van der Waals surface area contributed by atoms with Crippen molar-refractivity contribution in [3.05, 3.63) is 64.4 Å². The van der Waals surface area contributed by atoms with Gasteiger partial charge in [0.2, 0.25) is 0 Å². The second kappa shape index (κ2) is 7.48. The molecule has 2 rings (SSSR count). The van der Waals surface area contributed by atoms with Crippen molar-refractivity contribution in [1.82, 2.24) is 10.3 Å². The fraction of sp³-hybridized carbons (Fsp3) is 0.312. The van der Waals surface area contributed by atoms with Gasteiger partial charge in [-0.2, -0.15) is 0 Å². The van der Waals surface area contributed by atoms with E-state index in [2.05, 4.69) is 10.3 Å². The van der Waals surface area contributed by atoms with E-state index in [9.17, 15) is 8.78 Å². The van der Waals surface area contributed by atoms with Gasteiger partial charge in [-0.3, -0.25) is 4.98 Å². The van der Waals surface area contributed by atoms with Crippen molar-refractivity contribution < 1.29 is 8.78 Å². The molecule has 1 aromatic heterocycles. The smallest absolute Gasteiger partial charge is 0.146 e. The molecule has 0 bridgehead atoms. The summed E-state index contributed by atoms with van der Waals surface area (Å²) in [6, 6.07) is 6.77. The molecule has 0 aliphatic rings. The molecule has 0 aliphatic heterocycles. The summed E-state index contributed by atoms with van der Waals surface area (Å²) in [5, 5.41) is 3.71. The van der Waals surface area contributed by atoms with Crippen LogP contribution in [0.5, 0.6) is 0 Å². The van der Waals surface area contributed by atoms with E-state index in [0.717, 1.165) is 6.42 Å². The summed E-state index contributed by atoms with van der Waals surface area (Å²) in [6.07, 6.45) is 2.83. The van der Waals surface area contributed by atoms with Gasteiger partial charge in [-0.05, 0) is 55.3 Å². The molecule has 2 aromatic rings. The van der Waals surface area contributed by atoms with Gasteiger partial charge in [-0.1, -0.05) is 18.5 Å². The number of nitrogens with one attached hydrogen (secondary N) is 1. The summed E-state index contributed by atoms with van der Waals surface area (Å²) in [4.78, 5) is 4.11. The Bertz CT molecular complexity index is 605. The van der Waals surface area contributed by atoms with E-state index >= 15 is 0 Å². The summed E-state index contributed by atoms with van der Waals surface area (Å²) in [5.74, 6) is -0.733. The van der Waals surface area contributed by atoms with Crippen LogP contribution in [0.15, 0.2) is 36.5 Å². The minimum atomic E-state index is -0.376. The van der Waals surface area contributed by atoms with E-state index in [4.69, 9.17) is 11.6 Å². The summed E-state index contributed by atoms with van der Waals surface area (Å²) in [7, 11) is 0. The minimum Gasteiger partial charge on any atom is -0.308 e. The lowest BCUT2D eigenvalue weighted by molar-refractivity contribution is 0.482. The Labute approximate surface area is 128 Å². The van der Waals surface area contributed by atoms with E-state index in [1.165, 1.54) is 24.3 Å². The van der Waals surface area contributed by atoms with Crippen molar-refractivity contribution in [2.45, 2.75) is 25.8 Å². The Hall–Kier alpha value is -1.52. The number of halogens is 3. The van der Waals surface area contributed by atoms with E-state index in [0.29, 0.717) is 29.2 Å². The number of rotatable bonds is 6. The Kier molecular flexibility index (Phi) is 5.65. The highest BCUT2D eigenvalue weighted by Gasteiger charge is 2.18. The van der Waals surface area contributed by atoms with E-state index in [1.807, 2.05) is 6.92 Å². The first kappa shape index (κ1) is 15.9. The van der Waals surface area contributed by atoms with E-state index in [-0.39, 0.29) is 17.7 Å². The van der Waals surface area contributed by atoms with Gasteiger partial charge in [0, 0.05) is 11.2 Å².